The highest BCUT2D eigenvalue weighted by atomic mass is 16.4. The number of nitriles is 1. The van der Waals surface area contributed by atoms with Crippen molar-refractivity contribution in [3.8, 4) is 6.07 Å². The maximum Gasteiger partial charge on any atom is 0.326 e. The Balaban J connectivity index is 3.13. The van der Waals surface area contributed by atoms with E-state index in [2.05, 4.69) is 10.3 Å². The van der Waals surface area contributed by atoms with Crippen molar-refractivity contribution in [2.75, 3.05) is 5.32 Å². The van der Waals surface area contributed by atoms with Crippen LogP contribution in [0.3, 0.4) is 0 Å². The van der Waals surface area contributed by atoms with Crippen molar-refractivity contribution in [2.24, 2.45) is 0 Å². The molecule has 0 radical (unpaired) electrons. The molecule has 0 spiro atoms. The summed E-state index contributed by atoms with van der Waals surface area (Å²) in [6.07, 6.45) is 0.445. The number of hydrogen-bond donors (Lipinski definition) is 2. The number of hydrogen-bond acceptors (Lipinski definition) is 4. The molecule has 0 bridgehead atoms. The number of nitrogens with zero attached hydrogens (tertiary/aromatic N) is 2. The van der Waals surface area contributed by atoms with Crippen molar-refractivity contribution in [3.63, 3.8) is 0 Å². The Kier molecular flexibility index (Phi) is 4.05. The predicted octanol–water partition coefficient (Wildman–Crippen LogP) is 1.85. The molecule has 1 rings (SSSR count). The minimum atomic E-state index is -0.927. The third kappa shape index (κ3) is 2.94. The first kappa shape index (κ1) is 13.0. The lowest BCUT2D eigenvalue weighted by Gasteiger charge is -2.16. The zero-order valence-corrected chi connectivity index (χ0v) is 10.1. The van der Waals surface area contributed by atoms with Crippen LogP contribution in [0.2, 0.25) is 0 Å². The Hall–Kier alpha value is -2.09. The standard InChI is InChI=1S/C12H15N3O2/c1-4-10(12(16)17)15-11-5-7(2)14-8(3)9(11)6-13/h5,10H,4H2,1-3H3,(H,14,15)(H,16,17). The van der Waals surface area contributed by atoms with Crippen LogP contribution in [0.1, 0.15) is 30.3 Å². The molecule has 0 saturated heterocycles. The Labute approximate surface area is 100 Å². The van der Waals surface area contributed by atoms with Gasteiger partial charge in [0, 0.05) is 5.69 Å². The fraction of sp³-hybridized carbons (Fsp3) is 0.417. The lowest BCUT2D eigenvalue weighted by Crippen LogP contribution is -2.28. The molecule has 2 N–H and O–H groups in total. The molecule has 17 heavy (non-hydrogen) atoms. The lowest BCUT2D eigenvalue weighted by atomic mass is 10.1. The molecule has 90 valence electrons. The fourth-order valence-corrected chi connectivity index (χ4v) is 1.61. The topological polar surface area (TPSA) is 86.0 Å². The summed E-state index contributed by atoms with van der Waals surface area (Å²) in [4.78, 5) is 15.1. The maximum atomic E-state index is 10.9. The Morgan fingerprint density at radius 3 is 2.76 bits per heavy atom. The van der Waals surface area contributed by atoms with Gasteiger partial charge in [0.05, 0.1) is 16.9 Å². The van der Waals surface area contributed by atoms with Gasteiger partial charge in [0.1, 0.15) is 12.1 Å². The normalized spacial score (nSPS) is 11.6. The number of rotatable bonds is 4. The second-order valence-electron chi connectivity index (χ2n) is 3.83. The SMILES string of the molecule is CCC(Nc1cc(C)nc(C)c1C#N)C(=O)O. The highest BCUT2D eigenvalue weighted by Crippen LogP contribution is 2.20. The molecule has 0 amide bonds. The van der Waals surface area contributed by atoms with Crippen LogP contribution in [0.5, 0.6) is 0 Å². The molecular weight excluding hydrogens is 218 g/mol. The van der Waals surface area contributed by atoms with Crippen LogP contribution in [0, 0.1) is 25.2 Å². The average Bonchev–Trinajstić information content (AvgIpc) is 2.24. The first-order chi connectivity index (χ1) is 7.99. The number of nitrogens with one attached hydrogen (secondary N) is 1. The number of carboxylic acids is 1. The molecule has 1 unspecified atom stereocenters. The van der Waals surface area contributed by atoms with Gasteiger partial charge >= 0.3 is 5.97 Å². The number of aromatic nitrogens is 1. The molecule has 0 fully saturated rings. The van der Waals surface area contributed by atoms with E-state index in [4.69, 9.17) is 10.4 Å². The van der Waals surface area contributed by atoms with Gasteiger partial charge in [-0.05, 0) is 26.3 Å². The van der Waals surface area contributed by atoms with E-state index in [1.165, 1.54) is 0 Å². The number of carboxylic acid groups (broad SMARTS) is 1. The Bertz CT molecular complexity index is 477. The van der Waals surface area contributed by atoms with Crippen molar-refractivity contribution in [1.29, 1.82) is 5.26 Å². The first-order valence-corrected chi connectivity index (χ1v) is 5.37. The molecule has 0 saturated carbocycles. The predicted molar refractivity (Wildman–Crippen MR) is 63.8 cm³/mol. The number of carbonyl (C=O) groups is 1. The summed E-state index contributed by atoms with van der Waals surface area (Å²) < 4.78 is 0. The van der Waals surface area contributed by atoms with Crippen LogP contribution in [0.15, 0.2) is 6.07 Å². The largest absolute Gasteiger partial charge is 0.480 e. The van der Waals surface area contributed by atoms with E-state index >= 15 is 0 Å². The van der Waals surface area contributed by atoms with E-state index in [9.17, 15) is 4.79 Å². The van der Waals surface area contributed by atoms with Crippen molar-refractivity contribution >= 4 is 11.7 Å². The summed E-state index contributed by atoms with van der Waals surface area (Å²) in [6.45, 7) is 5.32. The van der Waals surface area contributed by atoms with Gasteiger partial charge in [0.2, 0.25) is 0 Å². The van der Waals surface area contributed by atoms with Gasteiger partial charge in [0.25, 0.3) is 0 Å². The second kappa shape index (κ2) is 5.30. The fourth-order valence-electron chi connectivity index (χ4n) is 1.61. The van der Waals surface area contributed by atoms with E-state index < -0.39 is 12.0 Å². The van der Waals surface area contributed by atoms with Crippen molar-refractivity contribution < 1.29 is 9.90 Å². The second-order valence-corrected chi connectivity index (χ2v) is 3.83. The van der Waals surface area contributed by atoms with Gasteiger partial charge < -0.3 is 10.4 Å². The molecule has 0 aliphatic carbocycles. The van der Waals surface area contributed by atoms with E-state index in [0.29, 0.717) is 23.4 Å². The molecule has 1 aromatic heterocycles. The van der Waals surface area contributed by atoms with Crippen LogP contribution in [-0.2, 0) is 4.79 Å². The third-order valence-electron chi connectivity index (χ3n) is 2.48. The molecule has 5 heteroatoms. The minimum absolute atomic E-state index is 0.398. The van der Waals surface area contributed by atoms with Crippen LogP contribution < -0.4 is 5.32 Å². The van der Waals surface area contributed by atoms with Crippen LogP contribution >= 0.6 is 0 Å². The van der Waals surface area contributed by atoms with Gasteiger partial charge in [-0.25, -0.2) is 4.79 Å². The van der Waals surface area contributed by atoms with Crippen molar-refractivity contribution in [1.82, 2.24) is 4.98 Å². The van der Waals surface area contributed by atoms with Crippen LogP contribution in [0.25, 0.3) is 0 Å². The molecular formula is C12H15N3O2. The van der Waals surface area contributed by atoms with E-state index in [1.54, 1.807) is 26.8 Å². The van der Waals surface area contributed by atoms with Crippen molar-refractivity contribution in [2.45, 2.75) is 33.2 Å². The van der Waals surface area contributed by atoms with E-state index in [0.717, 1.165) is 5.69 Å². The molecule has 1 heterocycles. The molecule has 1 atom stereocenters. The summed E-state index contributed by atoms with van der Waals surface area (Å²) in [5.41, 5.74) is 2.29. The zero-order chi connectivity index (χ0) is 13.0. The zero-order valence-electron chi connectivity index (χ0n) is 10.1. The van der Waals surface area contributed by atoms with Gasteiger partial charge in [-0.2, -0.15) is 5.26 Å². The number of aryl methyl sites for hydroxylation is 2. The van der Waals surface area contributed by atoms with Crippen molar-refractivity contribution in [3.05, 3.63) is 23.0 Å². The smallest absolute Gasteiger partial charge is 0.326 e. The summed E-state index contributed by atoms with van der Waals surface area (Å²) in [6, 6.07) is 3.04. The van der Waals surface area contributed by atoms with Crippen LogP contribution in [-0.4, -0.2) is 22.1 Å². The maximum absolute atomic E-state index is 10.9. The molecule has 0 aromatic carbocycles. The van der Waals surface area contributed by atoms with E-state index in [-0.39, 0.29) is 0 Å². The highest BCUT2D eigenvalue weighted by molar-refractivity contribution is 5.78. The molecule has 0 aliphatic heterocycles. The van der Waals surface area contributed by atoms with Gasteiger partial charge in [0.15, 0.2) is 0 Å². The summed E-state index contributed by atoms with van der Waals surface area (Å²) in [5.74, 6) is -0.927. The number of pyridine rings is 1. The van der Waals surface area contributed by atoms with Gasteiger partial charge in [-0.1, -0.05) is 6.92 Å². The lowest BCUT2D eigenvalue weighted by molar-refractivity contribution is -0.137. The monoisotopic (exact) mass is 233 g/mol. The Morgan fingerprint density at radius 1 is 1.65 bits per heavy atom. The molecule has 0 aliphatic rings. The molecule has 1 aromatic rings. The van der Waals surface area contributed by atoms with Gasteiger partial charge in [-0.15, -0.1) is 0 Å². The number of anilines is 1. The first-order valence-electron chi connectivity index (χ1n) is 5.37. The summed E-state index contributed by atoms with van der Waals surface area (Å²) >= 11 is 0. The van der Waals surface area contributed by atoms with Crippen LogP contribution in [0.4, 0.5) is 5.69 Å². The summed E-state index contributed by atoms with van der Waals surface area (Å²) in [5, 5.41) is 20.9. The minimum Gasteiger partial charge on any atom is -0.480 e. The third-order valence-corrected chi connectivity index (χ3v) is 2.48. The highest BCUT2D eigenvalue weighted by Gasteiger charge is 2.17. The van der Waals surface area contributed by atoms with E-state index in [1.807, 2.05) is 6.07 Å². The number of aliphatic carboxylic acids is 1. The summed E-state index contributed by atoms with van der Waals surface area (Å²) in [7, 11) is 0. The quantitative estimate of drug-likeness (QED) is 0.828. The average molecular weight is 233 g/mol. The van der Waals surface area contributed by atoms with Gasteiger partial charge in [-0.3, -0.25) is 4.98 Å². The molecule has 5 nitrogen and oxygen atoms in total. The Morgan fingerprint density at radius 2 is 2.29 bits per heavy atom.